The van der Waals surface area contributed by atoms with Gasteiger partial charge in [-0.2, -0.15) is 0 Å². The van der Waals surface area contributed by atoms with E-state index >= 15 is 0 Å². The van der Waals surface area contributed by atoms with E-state index in [0.717, 1.165) is 16.5 Å². The van der Waals surface area contributed by atoms with E-state index in [4.69, 9.17) is 27.6 Å². The van der Waals surface area contributed by atoms with Gasteiger partial charge in [0.2, 0.25) is 23.6 Å². The van der Waals surface area contributed by atoms with Gasteiger partial charge in [-0.25, -0.2) is 9.29 Å². The molecule has 7 rings (SSSR count). The number of anilines is 2. The highest BCUT2D eigenvalue weighted by atomic mass is 35.5. The zero-order chi connectivity index (χ0) is 30.4. The molecule has 3 aromatic rings. The molecule has 43 heavy (non-hydrogen) atoms. The van der Waals surface area contributed by atoms with Crippen molar-refractivity contribution in [3.05, 3.63) is 93.6 Å². The number of fused-ring (bicyclic) bond motifs is 4. The first-order chi connectivity index (χ1) is 20.6. The molecule has 4 amide bonds. The quantitative estimate of drug-likeness (QED) is 0.297. The molecule has 6 unspecified atom stereocenters. The Labute approximate surface area is 255 Å². The van der Waals surface area contributed by atoms with Gasteiger partial charge in [0.05, 0.1) is 45.5 Å². The first kappa shape index (κ1) is 28.0. The van der Waals surface area contributed by atoms with Crippen LogP contribution in [-0.4, -0.2) is 28.7 Å². The highest BCUT2D eigenvalue weighted by molar-refractivity contribution is 6.32. The molecule has 6 atom stereocenters. The Morgan fingerprint density at radius 2 is 1.65 bits per heavy atom. The zero-order valence-electron chi connectivity index (χ0n) is 22.8. The predicted octanol–water partition coefficient (Wildman–Crippen LogP) is 5.65. The van der Waals surface area contributed by atoms with Gasteiger partial charge in [-0.05, 0) is 80.3 Å². The van der Waals surface area contributed by atoms with Crippen molar-refractivity contribution in [1.29, 1.82) is 0 Å². The lowest BCUT2D eigenvalue weighted by Crippen LogP contribution is -2.48. The van der Waals surface area contributed by atoms with Gasteiger partial charge in [0.25, 0.3) is 0 Å². The highest BCUT2D eigenvalue weighted by Crippen LogP contribution is 2.63. The third kappa shape index (κ3) is 3.91. The van der Waals surface area contributed by atoms with Crippen molar-refractivity contribution < 1.29 is 33.1 Å². The number of aliphatic hydroxyl groups excluding tert-OH is 1. The molecule has 4 aliphatic rings. The Hall–Kier alpha value is -3.79. The largest absolute Gasteiger partial charge is 0.463 e. The summed E-state index contributed by atoms with van der Waals surface area (Å²) in [5, 5.41) is 9.97. The number of hydrogen-bond acceptors (Lipinski definition) is 6. The molecule has 8 nitrogen and oxygen atoms in total. The number of allylic oxidation sites excluding steroid dienone is 2. The Morgan fingerprint density at radius 3 is 2.33 bits per heavy atom. The minimum absolute atomic E-state index is 0.141. The van der Waals surface area contributed by atoms with Crippen molar-refractivity contribution in [2.75, 3.05) is 9.80 Å². The second-order valence-corrected chi connectivity index (χ2v) is 12.6. The Bertz CT molecular complexity index is 1750. The number of carbonyl (C=O) groups is 4. The fourth-order valence-corrected chi connectivity index (χ4v) is 7.97. The molecule has 2 saturated heterocycles. The van der Waals surface area contributed by atoms with Crippen LogP contribution >= 0.6 is 23.2 Å². The fourth-order valence-electron chi connectivity index (χ4n) is 7.67. The molecule has 2 aliphatic carbocycles. The van der Waals surface area contributed by atoms with Gasteiger partial charge in [-0.1, -0.05) is 34.9 Å². The number of amides is 4. The summed E-state index contributed by atoms with van der Waals surface area (Å²) in [6.07, 6.45) is 2.33. The Balaban J connectivity index is 1.35. The number of aliphatic hydroxyl groups is 1. The van der Waals surface area contributed by atoms with Gasteiger partial charge in [-0.3, -0.25) is 24.1 Å². The molecule has 1 aromatic heterocycles. The summed E-state index contributed by atoms with van der Waals surface area (Å²) in [4.78, 5) is 58.3. The molecule has 2 aromatic carbocycles. The van der Waals surface area contributed by atoms with Gasteiger partial charge >= 0.3 is 0 Å². The van der Waals surface area contributed by atoms with E-state index in [2.05, 4.69) is 0 Å². The molecule has 1 saturated carbocycles. The number of nitrogens with zero attached hydrogens (tertiary/aromatic N) is 2. The van der Waals surface area contributed by atoms with Gasteiger partial charge in [-0.15, -0.1) is 0 Å². The summed E-state index contributed by atoms with van der Waals surface area (Å²) in [7, 11) is 0. The Morgan fingerprint density at radius 1 is 0.930 bits per heavy atom. The molecule has 3 fully saturated rings. The average molecular weight is 623 g/mol. The van der Waals surface area contributed by atoms with E-state index < -0.39 is 52.6 Å². The molecule has 2 aliphatic heterocycles. The molecular formula is C32H25Cl2FN2O6. The van der Waals surface area contributed by atoms with Crippen molar-refractivity contribution in [1.82, 2.24) is 0 Å². The number of furan rings is 1. The van der Waals surface area contributed by atoms with Crippen LogP contribution < -0.4 is 9.80 Å². The third-order valence-corrected chi connectivity index (χ3v) is 10.2. The van der Waals surface area contributed by atoms with Gasteiger partial charge < -0.3 is 9.52 Å². The summed E-state index contributed by atoms with van der Waals surface area (Å²) < 4.78 is 20.0. The van der Waals surface area contributed by atoms with Crippen LogP contribution in [0.5, 0.6) is 0 Å². The number of halogens is 3. The fraction of sp³-hybridized carbons (Fsp3) is 0.312. The molecular weight excluding hydrogens is 598 g/mol. The van der Waals surface area contributed by atoms with E-state index in [0.29, 0.717) is 16.5 Å². The molecule has 0 spiro atoms. The van der Waals surface area contributed by atoms with Gasteiger partial charge in [0, 0.05) is 5.02 Å². The molecule has 11 heteroatoms. The second kappa shape index (κ2) is 9.87. The summed E-state index contributed by atoms with van der Waals surface area (Å²) in [6, 6.07) is 13.4. The first-order valence-electron chi connectivity index (χ1n) is 13.9. The van der Waals surface area contributed by atoms with Crippen LogP contribution in [0.25, 0.3) is 0 Å². The van der Waals surface area contributed by atoms with Crippen molar-refractivity contribution in [2.45, 2.75) is 32.3 Å². The summed E-state index contributed by atoms with van der Waals surface area (Å²) in [5.74, 6) is -5.29. The monoisotopic (exact) mass is 622 g/mol. The van der Waals surface area contributed by atoms with Crippen LogP contribution in [0.2, 0.25) is 10.0 Å². The third-order valence-electron chi connectivity index (χ3n) is 9.64. The minimum atomic E-state index is -1.33. The number of benzene rings is 2. The molecule has 1 N–H and O–H groups in total. The number of carbonyl (C=O) groups excluding carboxylic acids is 4. The maximum atomic E-state index is 14.3. The topological polar surface area (TPSA) is 108 Å². The number of rotatable bonds is 4. The lowest BCUT2D eigenvalue weighted by molar-refractivity contribution is -0.131. The lowest BCUT2D eigenvalue weighted by atomic mass is 9.52. The standard InChI is InChI=1S/C32H25Cl2FN2O6/c1-32-22(29(40)37(31(32)42)17-6-10-24(35)23(34)12-17)13-21-19(27(32)25-11-7-18(14-38)43-25)8-9-20-26(21)30(41)36(28(20)39)16-4-2-15(33)3-5-16/h2-8,10-12,20-22,26-27,38H,9,13-14H2,1H3. The molecule has 220 valence electrons. The van der Waals surface area contributed by atoms with Gasteiger partial charge in [0.1, 0.15) is 23.9 Å². The first-order valence-corrected chi connectivity index (χ1v) is 14.7. The van der Waals surface area contributed by atoms with Crippen molar-refractivity contribution in [2.24, 2.45) is 29.1 Å². The SMILES string of the molecule is CC12C(=O)N(c3ccc(F)c(Cl)c3)C(=O)C1CC1C(=CCC3C(=O)N(c4ccc(Cl)cc4)C(=O)C31)C2c1ccc(CO)o1. The summed E-state index contributed by atoms with van der Waals surface area (Å²) in [5.41, 5.74) is -0.0305. The summed E-state index contributed by atoms with van der Waals surface area (Å²) in [6.45, 7) is 1.34. The lowest BCUT2D eigenvalue weighted by Gasteiger charge is -2.48. The maximum Gasteiger partial charge on any atom is 0.241 e. The van der Waals surface area contributed by atoms with Crippen LogP contribution in [0.3, 0.4) is 0 Å². The predicted molar refractivity (Wildman–Crippen MR) is 155 cm³/mol. The van der Waals surface area contributed by atoms with E-state index in [1.54, 1.807) is 43.3 Å². The van der Waals surface area contributed by atoms with E-state index in [9.17, 15) is 28.7 Å². The minimum Gasteiger partial charge on any atom is -0.463 e. The van der Waals surface area contributed by atoms with Crippen molar-refractivity contribution in [3.63, 3.8) is 0 Å². The van der Waals surface area contributed by atoms with E-state index in [1.165, 1.54) is 17.0 Å². The average Bonchev–Trinajstić information content (AvgIpc) is 3.62. The zero-order valence-corrected chi connectivity index (χ0v) is 24.3. The number of hydrogen-bond donors (Lipinski definition) is 1. The molecule has 0 radical (unpaired) electrons. The van der Waals surface area contributed by atoms with E-state index in [-0.39, 0.29) is 47.7 Å². The van der Waals surface area contributed by atoms with Crippen LogP contribution in [0.15, 0.2) is 70.7 Å². The number of imide groups is 2. The van der Waals surface area contributed by atoms with Gasteiger partial charge in [0.15, 0.2) is 0 Å². The smallest absolute Gasteiger partial charge is 0.241 e. The van der Waals surface area contributed by atoms with Crippen LogP contribution in [-0.2, 0) is 25.8 Å². The van der Waals surface area contributed by atoms with Crippen LogP contribution in [0.4, 0.5) is 15.8 Å². The second-order valence-electron chi connectivity index (χ2n) is 11.7. The molecule has 0 bridgehead atoms. The molecule has 3 heterocycles. The highest BCUT2D eigenvalue weighted by Gasteiger charge is 2.68. The maximum absolute atomic E-state index is 14.3. The Kier molecular flexibility index (Phi) is 6.43. The normalized spacial score (nSPS) is 30.0. The summed E-state index contributed by atoms with van der Waals surface area (Å²) >= 11 is 12.1. The van der Waals surface area contributed by atoms with Crippen LogP contribution in [0.1, 0.15) is 37.2 Å². The van der Waals surface area contributed by atoms with Crippen molar-refractivity contribution in [3.8, 4) is 0 Å². The van der Waals surface area contributed by atoms with E-state index in [1.807, 2.05) is 6.08 Å². The van der Waals surface area contributed by atoms with Crippen LogP contribution in [0, 0.1) is 34.9 Å². The van der Waals surface area contributed by atoms with Crippen molar-refractivity contribution >= 4 is 58.2 Å².